The summed E-state index contributed by atoms with van der Waals surface area (Å²) in [6, 6.07) is 0. The largest absolute Gasteiger partial charge is 0.262 e. The second-order valence-electron chi connectivity index (χ2n) is 17.9. The van der Waals surface area contributed by atoms with Gasteiger partial charge in [0.2, 0.25) is 0 Å². The third-order valence-electron chi connectivity index (χ3n) is 8.50. The van der Waals surface area contributed by atoms with Crippen LogP contribution in [0.5, 0.6) is 0 Å². The Labute approximate surface area is 220 Å². The molecule has 0 saturated carbocycles. The second-order valence-corrected chi connectivity index (χ2v) is 39.5. The van der Waals surface area contributed by atoms with E-state index in [1.165, 1.54) is 0 Å². The van der Waals surface area contributed by atoms with Crippen LogP contribution in [0.1, 0.15) is 125 Å². The van der Waals surface area contributed by atoms with Crippen LogP contribution in [-0.4, -0.2) is 55.7 Å². The summed E-state index contributed by atoms with van der Waals surface area (Å²) in [5.41, 5.74) is 0. The van der Waals surface area contributed by atoms with E-state index >= 15 is 0 Å². The maximum absolute atomic E-state index is 3.37. The Morgan fingerprint density at radius 1 is 0.324 bits per heavy atom. The van der Waals surface area contributed by atoms with Crippen LogP contribution < -0.4 is 0 Å². The first-order valence-corrected chi connectivity index (χ1v) is 22.9. The van der Waals surface area contributed by atoms with Gasteiger partial charge in [0.1, 0.15) is 0 Å². The van der Waals surface area contributed by atoms with Crippen LogP contribution in [-0.2, 0) is 0 Å². The fraction of sp³-hybridized carbons (Fsp3) is 1.00. The number of hydrogen-bond donors (Lipinski definition) is 0. The van der Waals surface area contributed by atoms with E-state index in [2.05, 4.69) is 159 Å². The summed E-state index contributed by atoms with van der Waals surface area (Å²) in [5, 5.41) is 1.56. The molecular weight excluding hydrogens is 482 g/mol. The monoisotopic (exact) mass is 548 g/mol. The first-order valence-electron chi connectivity index (χ1n) is 13.6. The van der Waals surface area contributed by atoms with E-state index in [0.717, 1.165) is 0 Å². The Kier molecular flexibility index (Phi) is 8.17. The Hall–Kier alpha value is 1.21. The zero-order valence-corrected chi connectivity index (χ0v) is 31.6. The smallest absolute Gasteiger partial charge is 0.187 e. The molecule has 2 nitrogen and oxygen atoms in total. The highest BCUT2D eigenvalue weighted by molar-refractivity contribution is 7.86. The molecule has 1 heterocycles. The fourth-order valence-corrected chi connectivity index (χ4v) is 63.1. The van der Waals surface area contributed by atoms with E-state index in [0.29, 0.717) is 0 Å². The van der Waals surface area contributed by atoms with Crippen molar-refractivity contribution < 1.29 is 0 Å². The highest BCUT2D eigenvalue weighted by atomic mass is 31.2. The second kappa shape index (κ2) is 8.35. The number of hydrogen-bond acceptors (Lipinski definition) is 2. The van der Waals surface area contributed by atoms with Crippen molar-refractivity contribution in [1.29, 1.82) is 0 Å². The van der Waals surface area contributed by atoms with E-state index in [-0.39, 0.29) is 30.9 Å². The van der Waals surface area contributed by atoms with Crippen molar-refractivity contribution in [2.75, 3.05) is 0 Å². The third kappa shape index (κ3) is 4.14. The molecule has 0 bridgehead atoms. The van der Waals surface area contributed by atoms with Crippen molar-refractivity contribution in [3.05, 3.63) is 0 Å². The van der Waals surface area contributed by atoms with Gasteiger partial charge in [0.05, 0.1) is 45.8 Å². The molecule has 0 aromatic rings. The highest BCUT2D eigenvalue weighted by Gasteiger charge is 2.88. The SMILES string of the molecule is CC(C)(C)[P+](N1[Si](C)(C)N([P+](C(C)(C)C)(C(C)(C)C)C(C)(C)C)[Si]1(C)C)(C(C)(C)C)C(C)(C)C. The van der Waals surface area contributed by atoms with Gasteiger partial charge in [0.25, 0.3) is 16.8 Å². The quantitative estimate of drug-likeness (QED) is 0.250. The molecule has 0 amide bonds. The normalized spacial score (nSPS) is 22.1. The molecule has 0 aromatic carbocycles. The van der Waals surface area contributed by atoms with Gasteiger partial charge in [-0.2, -0.15) is 8.00 Å². The lowest BCUT2D eigenvalue weighted by Gasteiger charge is -2.77. The Bertz CT molecular complexity index is 611. The van der Waals surface area contributed by atoms with Crippen LogP contribution in [0, 0.1) is 0 Å². The molecule has 34 heavy (non-hydrogen) atoms. The molecule has 0 atom stereocenters. The van der Waals surface area contributed by atoms with E-state index in [4.69, 9.17) is 0 Å². The van der Waals surface area contributed by atoms with Crippen LogP contribution in [0.15, 0.2) is 0 Å². The van der Waals surface area contributed by atoms with Gasteiger partial charge in [-0.1, -0.05) is 0 Å². The van der Waals surface area contributed by atoms with Crippen molar-refractivity contribution in [3.8, 4) is 0 Å². The van der Waals surface area contributed by atoms with Crippen molar-refractivity contribution in [1.82, 2.24) is 8.00 Å². The zero-order chi connectivity index (χ0) is 28.2. The lowest BCUT2D eigenvalue weighted by molar-refractivity contribution is 0.498. The lowest BCUT2D eigenvalue weighted by atomic mass is 10.2. The first-order chi connectivity index (χ1) is 14.2. The number of nitrogens with zero attached hydrogens (tertiary/aromatic N) is 2. The van der Waals surface area contributed by atoms with Crippen LogP contribution >= 0.6 is 14.8 Å². The average Bonchev–Trinajstić information content (AvgIpc) is 2.40. The molecule has 0 spiro atoms. The van der Waals surface area contributed by atoms with Crippen LogP contribution in [0.4, 0.5) is 0 Å². The maximum atomic E-state index is 3.37. The molecule has 0 unspecified atom stereocenters. The Morgan fingerprint density at radius 2 is 0.441 bits per heavy atom. The van der Waals surface area contributed by atoms with E-state index in [1.807, 2.05) is 0 Å². The summed E-state index contributed by atoms with van der Waals surface area (Å²) in [7, 11) is -7.15. The lowest BCUT2D eigenvalue weighted by Crippen LogP contribution is -2.91. The number of rotatable bonds is 2. The topological polar surface area (TPSA) is 6.48 Å². The predicted octanol–water partition coefficient (Wildman–Crippen LogP) is 10.7. The Morgan fingerprint density at radius 3 is 0.529 bits per heavy atom. The molecular formula is C28H66N2P2Si2+2. The van der Waals surface area contributed by atoms with Gasteiger partial charge in [0, 0.05) is 0 Å². The van der Waals surface area contributed by atoms with Crippen LogP contribution in [0.25, 0.3) is 0 Å². The van der Waals surface area contributed by atoms with Crippen molar-refractivity contribution in [2.24, 2.45) is 0 Å². The molecule has 1 rings (SSSR count). The fourth-order valence-electron chi connectivity index (χ4n) is 10.8. The molecule has 204 valence electrons. The van der Waals surface area contributed by atoms with Crippen LogP contribution in [0.2, 0.25) is 26.2 Å². The molecule has 1 aliphatic heterocycles. The molecule has 0 radical (unpaired) electrons. The zero-order valence-electron chi connectivity index (χ0n) is 27.8. The maximum Gasteiger partial charge on any atom is 0.262 e. The van der Waals surface area contributed by atoms with Gasteiger partial charge < -0.3 is 0 Å². The van der Waals surface area contributed by atoms with Gasteiger partial charge in [-0.3, -0.25) is 0 Å². The van der Waals surface area contributed by atoms with Crippen LogP contribution in [0.3, 0.4) is 0 Å². The Balaban J connectivity index is 4.29. The summed E-state index contributed by atoms with van der Waals surface area (Å²) in [6.45, 7) is 57.4. The average molecular weight is 549 g/mol. The van der Waals surface area contributed by atoms with Gasteiger partial charge in [0.15, 0.2) is 0 Å². The summed E-state index contributed by atoms with van der Waals surface area (Å²) in [6.07, 6.45) is 0. The van der Waals surface area contributed by atoms with Crippen molar-refractivity contribution >= 4 is 31.6 Å². The van der Waals surface area contributed by atoms with E-state index < -0.39 is 31.6 Å². The van der Waals surface area contributed by atoms with Gasteiger partial charge in [-0.25, -0.2) is 0 Å². The van der Waals surface area contributed by atoms with E-state index in [1.54, 1.807) is 0 Å². The summed E-state index contributed by atoms with van der Waals surface area (Å²) in [4.78, 5) is 0. The van der Waals surface area contributed by atoms with Gasteiger partial charge >= 0.3 is 0 Å². The molecule has 0 N–H and O–H groups in total. The van der Waals surface area contributed by atoms with Gasteiger partial charge in [-0.15, -0.1) is 0 Å². The summed E-state index contributed by atoms with van der Waals surface area (Å²) < 4.78 is 6.73. The van der Waals surface area contributed by atoms with Gasteiger partial charge in [-0.05, 0) is 151 Å². The molecule has 0 aliphatic carbocycles. The third-order valence-corrected chi connectivity index (χ3v) is 41.5. The van der Waals surface area contributed by atoms with E-state index in [9.17, 15) is 0 Å². The minimum absolute atomic E-state index is 0.260. The first kappa shape index (κ1) is 33.2. The molecule has 1 fully saturated rings. The summed E-state index contributed by atoms with van der Waals surface area (Å²) >= 11 is 0. The van der Waals surface area contributed by atoms with Crippen molar-refractivity contribution in [3.63, 3.8) is 0 Å². The molecule has 1 aliphatic rings. The molecule has 0 aromatic heterocycles. The molecule has 6 heteroatoms. The minimum atomic E-state index is -1.95. The minimum Gasteiger partial charge on any atom is -0.187 e. The van der Waals surface area contributed by atoms with Crippen molar-refractivity contribution in [2.45, 2.75) is 182 Å². The highest BCUT2D eigenvalue weighted by Crippen LogP contribution is 2.94. The standard InChI is InChI=1S/C28H66N2P2Si2/c1-23(2,3)31(24(4,5)6,25(7,8)9)29-33(19,20)30(34(29,21)22)32(26(10,11)12,27(13,14)15)28(16,17)18/h1-22H3/q+2. The summed E-state index contributed by atoms with van der Waals surface area (Å²) in [5.74, 6) is 0. The predicted molar refractivity (Wildman–Crippen MR) is 171 cm³/mol. The molecule has 1 saturated heterocycles.